The Morgan fingerprint density at radius 1 is 1.28 bits per heavy atom. The minimum atomic E-state index is -3.74. The smallest absolute Gasteiger partial charge is 0.323 e. The number of carboxylic acids is 1. The lowest BCUT2D eigenvalue weighted by atomic mass is 10.2. The number of hydrogen-bond donors (Lipinski definition) is 1. The molecule has 0 spiro atoms. The molecule has 0 aliphatic heterocycles. The monoisotopic (exact) mass is 372 g/mol. The third-order valence-corrected chi connectivity index (χ3v) is 5.69. The normalized spacial score (nSPS) is 11.8. The molecule has 0 heterocycles. The summed E-state index contributed by atoms with van der Waals surface area (Å²) in [7, 11) is -0.833. The van der Waals surface area contributed by atoms with Crippen molar-refractivity contribution in [2.45, 2.75) is 24.8 Å². The molecule has 1 amide bonds. The van der Waals surface area contributed by atoms with Crippen molar-refractivity contribution in [3.05, 3.63) is 29.8 Å². The summed E-state index contributed by atoms with van der Waals surface area (Å²) in [6.07, 6.45) is 0. The van der Waals surface area contributed by atoms with Crippen LogP contribution in [0.1, 0.15) is 24.2 Å². The van der Waals surface area contributed by atoms with Crippen LogP contribution in [-0.2, 0) is 19.6 Å². The van der Waals surface area contributed by atoms with Crippen LogP contribution in [-0.4, -0.2) is 74.5 Å². The first kappa shape index (κ1) is 21.1. The molecule has 0 aliphatic carbocycles. The Bertz CT molecular complexity index is 717. The molecule has 0 unspecified atom stereocenters. The molecule has 0 aliphatic rings. The van der Waals surface area contributed by atoms with Gasteiger partial charge in [-0.1, -0.05) is 6.07 Å². The maximum Gasteiger partial charge on any atom is 0.323 e. The van der Waals surface area contributed by atoms with Crippen molar-refractivity contribution in [3.63, 3.8) is 0 Å². The number of nitrogens with zero attached hydrogens (tertiary/aromatic N) is 2. The molecule has 0 fully saturated rings. The molecule has 140 valence electrons. The van der Waals surface area contributed by atoms with E-state index in [9.17, 15) is 18.0 Å². The van der Waals surface area contributed by atoms with Crippen LogP contribution < -0.4 is 0 Å². The van der Waals surface area contributed by atoms with E-state index in [0.717, 1.165) is 4.90 Å². The van der Waals surface area contributed by atoms with Gasteiger partial charge in [-0.05, 0) is 32.0 Å². The lowest BCUT2D eigenvalue weighted by molar-refractivity contribution is -0.137. The van der Waals surface area contributed by atoms with Gasteiger partial charge in [0, 0.05) is 32.3 Å². The molecule has 0 saturated carbocycles. The van der Waals surface area contributed by atoms with Crippen molar-refractivity contribution >= 4 is 21.9 Å². The second kappa shape index (κ2) is 8.93. The fourth-order valence-corrected chi connectivity index (χ4v) is 3.45. The molecule has 8 nitrogen and oxygen atoms in total. The highest BCUT2D eigenvalue weighted by Gasteiger charge is 2.25. The maximum absolute atomic E-state index is 12.6. The van der Waals surface area contributed by atoms with Crippen LogP contribution in [0.15, 0.2) is 29.2 Å². The summed E-state index contributed by atoms with van der Waals surface area (Å²) in [6.45, 7) is 3.25. The topological polar surface area (TPSA) is 104 Å². The van der Waals surface area contributed by atoms with E-state index < -0.39 is 28.4 Å². The fraction of sp³-hybridized carbons (Fsp3) is 0.500. The third-order valence-electron chi connectivity index (χ3n) is 3.66. The van der Waals surface area contributed by atoms with E-state index in [2.05, 4.69) is 0 Å². The van der Waals surface area contributed by atoms with Crippen molar-refractivity contribution in [1.29, 1.82) is 0 Å². The lowest BCUT2D eigenvalue weighted by Crippen LogP contribution is -2.38. The van der Waals surface area contributed by atoms with Crippen molar-refractivity contribution in [2.24, 2.45) is 0 Å². The standard InChI is InChI=1S/C16H24N2O6S/c1-12(2)17(3)25(22,23)14-7-5-6-13(10-14)16(21)18(8-9-24-4)11-15(19)20/h5-7,10,12H,8-9,11H2,1-4H3,(H,19,20). The van der Waals surface area contributed by atoms with Gasteiger partial charge in [0.25, 0.3) is 5.91 Å². The predicted octanol–water partition coefficient (Wildman–Crippen LogP) is 0.889. The number of carbonyl (C=O) groups excluding carboxylic acids is 1. The molecule has 9 heteroatoms. The van der Waals surface area contributed by atoms with Gasteiger partial charge in [-0.25, -0.2) is 8.42 Å². The van der Waals surface area contributed by atoms with Gasteiger partial charge in [-0.15, -0.1) is 0 Å². The van der Waals surface area contributed by atoms with Crippen molar-refractivity contribution in [3.8, 4) is 0 Å². The Kier molecular flexibility index (Phi) is 7.53. The second-order valence-corrected chi connectivity index (χ2v) is 7.75. The number of carbonyl (C=O) groups is 2. The molecule has 1 rings (SSSR count). The molecule has 0 radical (unpaired) electrons. The van der Waals surface area contributed by atoms with E-state index in [0.29, 0.717) is 0 Å². The first-order valence-electron chi connectivity index (χ1n) is 7.69. The fourth-order valence-electron chi connectivity index (χ4n) is 2.03. The minimum Gasteiger partial charge on any atom is -0.480 e. The van der Waals surface area contributed by atoms with Gasteiger partial charge in [0.05, 0.1) is 11.5 Å². The van der Waals surface area contributed by atoms with Crippen LogP contribution in [0.25, 0.3) is 0 Å². The lowest BCUT2D eigenvalue weighted by Gasteiger charge is -2.22. The number of hydrogen-bond acceptors (Lipinski definition) is 5. The summed E-state index contributed by atoms with van der Waals surface area (Å²) >= 11 is 0. The molecular weight excluding hydrogens is 348 g/mol. The molecule has 25 heavy (non-hydrogen) atoms. The zero-order valence-corrected chi connectivity index (χ0v) is 15.6. The van der Waals surface area contributed by atoms with Gasteiger partial charge >= 0.3 is 5.97 Å². The number of benzene rings is 1. The molecule has 1 aromatic carbocycles. The quantitative estimate of drug-likeness (QED) is 0.690. The first-order valence-corrected chi connectivity index (χ1v) is 9.13. The van der Waals surface area contributed by atoms with E-state index in [1.54, 1.807) is 13.8 Å². The molecule has 0 aromatic heterocycles. The number of ether oxygens (including phenoxy) is 1. The van der Waals surface area contributed by atoms with Crippen LogP contribution in [0.3, 0.4) is 0 Å². The van der Waals surface area contributed by atoms with E-state index in [1.807, 2.05) is 0 Å². The van der Waals surface area contributed by atoms with Crippen LogP contribution >= 0.6 is 0 Å². The first-order chi connectivity index (χ1) is 11.6. The average molecular weight is 372 g/mol. The van der Waals surface area contributed by atoms with Crippen LogP contribution in [0, 0.1) is 0 Å². The zero-order chi connectivity index (χ0) is 19.2. The van der Waals surface area contributed by atoms with E-state index in [1.165, 1.54) is 42.7 Å². The number of sulfonamides is 1. The molecular formula is C16H24N2O6S. The summed E-state index contributed by atoms with van der Waals surface area (Å²) in [5.41, 5.74) is 0.107. The summed E-state index contributed by atoms with van der Waals surface area (Å²) in [5.74, 6) is -1.73. The van der Waals surface area contributed by atoms with Crippen molar-refractivity contribution < 1.29 is 27.9 Å². The molecule has 0 bridgehead atoms. The van der Waals surface area contributed by atoms with Gasteiger partial charge in [0.1, 0.15) is 6.54 Å². The molecule has 1 N–H and O–H groups in total. The van der Waals surface area contributed by atoms with E-state index in [4.69, 9.17) is 9.84 Å². The number of methoxy groups -OCH3 is 1. The van der Waals surface area contributed by atoms with E-state index >= 15 is 0 Å². The third kappa shape index (κ3) is 5.52. The van der Waals surface area contributed by atoms with Crippen molar-refractivity contribution in [1.82, 2.24) is 9.21 Å². The Balaban J connectivity index is 3.17. The average Bonchev–Trinajstić information content (AvgIpc) is 2.56. The number of amides is 1. The molecule has 0 atom stereocenters. The summed E-state index contributed by atoms with van der Waals surface area (Å²) in [6, 6.07) is 5.34. The minimum absolute atomic E-state index is 0.0171. The number of aliphatic carboxylic acids is 1. The second-order valence-electron chi connectivity index (χ2n) is 5.76. The molecule has 0 saturated heterocycles. The largest absolute Gasteiger partial charge is 0.480 e. The summed E-state index contributed by atoms with van der Waals surface area (Å²) < 4.78 is 31.2. The summed E-state index contributed by atoms with van der Waals surface area (Å²) in [4.78, 5) is 24.6. The highest BCUT2D eigenvalue weighted by molar-refractivity contribution is 7.89. The zero-order valence-electron chi connectivity index (χ0n) is 14.8. The van der Waals surface area contributed by atoms with Crippen molar-refractivity contribution in [2.75, 3.05) is 33.9 Å². The van der Waals surface area contributed by atoms with Crippen LogP contribution in [0.2, 0.25) is 0 Å². The predicted molar refractivity (Wildman–Crippen MR) is 91.9 cm³/mol. The van der Waals surface area contributed by atoms with Gasteiger partial charge in [-0.3, -0.25) is 9.59 Å². The van der Waals surface area contributed by atoms with Crippen LogP contribution in [0.5, 0.6) is 0 Å². The Labute approximate surface area is 148 Å². The Morgan fingerprint density at radius 3 is 2.44 bits per heavy atom. The van der Waals surface area contributed by atoms with Gasteiger partial charge in [0.2, 0.25) is 10.0 Å². The van der Waals surface area contributed by atoms with Gasteiger partial charge < -0.3 is 14.7 Å². The summed E-state index contributed by atoms with van der Waals surface area (Å²) in [5, 5.41) is 8.96. The van der Waals surface area contributed by atoms with Crippen LogP contribution in [0.4, 0.5) is 0 Å². The Hall–Kier alpha value is -1.97. The number of rotatable bonds is 9. The highest BCUT2D eigenvalue weighted by Crippen LogP contribution is 2.18. The van der Waals surface area contributed by atoms with Gasteiger partial charge in [-0.2, -0.15) is 4.31 Å². The SMILES string of the molecule is COCCN(CC(=O)O)C(=O)c1cccc(S(=O)(=O)N(C)C(C)C)c1. The van der Waals surface area contributed by atoms with Gasteiger partial charge in [0.15, 0.2) is 0 Å². The van der Waals surface area contributed by atoms with E-state index in [-0.39, 0.29) is 29.7 Å². The molecule has 1 aromatic rings. The highest BCUT2D eigenvalue weighted by atomic mass is 32.2. The number of carboxylic acid groups (broad SMARTS) is 1. The maximum atomic E-state index is 12.6. The Morgan fingerprint density at radius 2 is 1.92 bits per heavy atom.